The lowest BCUT2D eigenvalue weighted by atomic mass is 10.2. The lowest BCUT2D eigenvalue weighted by Crippen LogP contribution is -1.97. The number of aromatic amines is 1. The Balaban J connectivity index is 1.66. The van der Waals surface area contributed by atoms with Crippen LogP contribution in [0.2, 0.25) is 0 Å². The predicted molar refractivity (Wildman–Crippen MR) is 92.0 cm³/mol. The van der Waals surface area contributed by atoms with E-state index in [0.29, 0.717) is 5.95 Å². The maximum atomic E-state index is 4.54. The first-order chi connectivity index (χ1) is 11.2. The topological polar surface area (TPSA) is 79.4 Å². The molecule has 0 fully saturated rings. The van der Waals surface area contributed by atoms with Crippen molar-refractivity contribution in [2.24, 2.45) is 0 Å². The van der Waals surface area contributed by atoms with E-state index in [2.05, 4.69) is 30.5 Å². The third-order valence-electron chi connectivity index (χ3n) is 3.51. The number of rotatable bonds is 3. The lowest BCUT2D eigenvalue weighted by molar-refractivity contribution is 1.07. The average Bonchev–Trinajstić information content (AvgIpc) is 3.15. The molecule has 3 aromatic heterocycles. The van der Waals surface area contributed by atoms with Gasteiger partial charge in [0.25, 0.3) is 0 Å². The van der Waals surface area contributed by atoms with Gasteiger partial charge in [-0.3, -0.25) is 5.10 Å². The SMILES string of the molecule is Cc1cnc(-c2ccnc(Nc3ccc4[nH]nc(C)c4c3)n2)s1. The molecule has 114 valence electrons. The van der Waals surface area contributed by atoms with E-state index >= 15 is 0 Å². The molecule has 0 aliphatic rings. The first-order valence-electron chi connectivity index (χ1n) is 7.17. The molecule has 0 aliphatic heterocycles. The van der Waals surface area contributed by atoms with Gasteiger partial charge in [0.15, 0.2) is 0 Å². The summed E-state index contributed by atoms with van der Waals surface area (Å²) < 4.78 is 0. The monoisotopic (exact) mass is 322 g/mol. The van der Waals surface area contributed by atoms with E-state index < -0.39 is 0 Å². The molecule has 23 heavy (non-hydrogen) atoms. The highest BCUT2D eigenvalue weighted by atomic mass is 32.1. The molecule has 2 N–H and O–H groups in total. The standard InChI is InChI=1S/C16H14N6S/c1-9-8-18-15(23-9)14-5-6-17-16(20-14)19-11-3-4-13-12(7-11)10(2)21-22-13/h3-8H,1-2H3,(H,21,22)(H,17,19,20). The molecule has 0 amide bonds. The van der Waals surface area contributed by atoms with Gasteiger partial charge in [-0.1, -0.05) is 0 Å². The Labute approximate surface area is 136 Å². The van der Waals surface area contributed by atoms with Gasteiger partial charge in [0, 0.05) is 28.3 Å². The van der Waals surface area contributed by atoms with Gasteiger partial charge >= 0.3 is 0 Å². The van der Waals surface area contributed by atoms with E-state index in [4.69, 9.17) is 0 Å². The molecule has 0 radical (unpaired) electrons. The molecule has 0 unspecified atom stereocenters. The number of aromatic nitrogens is 5. The summed E-state index contributed by atoms with van der Waals surface area (Å²) in [7, 11) is 0. The van der Waals surface area contributed by atoms with Crippen LogP contribution in [0, 0.1) is 13.8 Å². The number of nitrogens with zero attached hydrogens (tertiary/aromatic N) is 4. The third-order valence-corrected chi connectivity index (χ3v) is 4.44. The summed E-state index contributed by atoms with van der Waals surface area (Å²) in [5.74, 6) is 0.552. The summed E-state index contributed by atoms with van der Waals surface area (Å²) in [5, 5.41) is 12.4. The Kier molecular flexibility index (Phi) is 3.27. The summed E-state index contributed by atoms with van der Waals surface area (Å²) >= 11 is 1.62. The van der Waals surface area contributed by atoms with Crippen LogP contribution >= 0.6 is 11.3 Å². The maximum Gasteiger partial charge on any atom is 0.227 e. The van der Waals surface area contributed by atoms with Crippen molar-refractivity contribution in [1.82, 2.24) is 25.1 Å². The molecule has 7 heteroatoms. The van der Waals surface area contributed by atoms with E-state index in [9.17, 15) is 0 Å². The Morgan fingerprint density at radius 2 is 2.04 bits per heavy atom. The zero-order valence-electron chi connectivity index (χ0n) is 12.7. The van der Waals surface area contributed by atoms with E-state index in [1.165, 1.54) is 0 Å². The molecular formula is C16H14N6S. The zero-order valence-corrected chi connectivity index (χ0v) is 13.5. The van der Waals surface area contributed by atoms with Crippen LogP contribution < -0.4 is 5.32 Å². The van der Waals surface area contributed by atoms with E-state index in [-0.39, 0.29) is 0 Å². The first kappa shape index (κ1) is 13.8. The Hall–Kier alpha value is -2.80. The molecule has 0 atom stereocenters. The Bertz CT molecular complexity index is 987. The van der Waals surface area contributed by atoms with Crippen molar-refractivity contribution in [3.05, 3.63) is 47.2 Å². The molecule has 6 nitrogen and oxygen atoms in total. The van der Waals surface area contributed by atoms with Crippen molar-refractivity contribution >= 4 is 33.9 Å². The van der Waals surface area contributed by atoms with Crippen LogP contribution in [-0.4, -0.2) is 25.1 Å². The van der Waals surface area contributed by atoms with Crippen molar-refractivity contribution in [1.29, 1.82) is 0 Å². The summed E-state index contributed by atoms with van der Waals surface area (Å²) in [4.78, 5) is 14.4. The fraction of sp³-hybridized carbons (Fsp3) is 0.125. The molecule has 4 rings (SSSR count). The van der Waals surface area contributed by atoms with Crippen LogP contribution in [0.5, 0.6) is 0 Å². The second-order valence-corrected chi connectivity index (χ2v) is 6.47. The van der Waals surface area contributed by atoms with Crippen LogP contribution in [0.4, 0.5) is 11.6 Å². The van der Waals surface area contributed by atoms with Gasteiger partial charge in [0.05, 0.1) is 11.2 Å². The summed E-state index contributed by atoms with van der Waals surface area (Å²) in [6.07, 6.45) is 3.59. The fourth-order valence-electron chi connectivity index (χ4n) is 2.36. The Morgan fingerprint density at radius 1 is 1.13 bits per heavy atom. The Morgan fingerprint density at radius 3 is 2.87 bits per heavy atom. The molecule has 1 aromatic carbocycles. The summed E-state index contributed by atoms with van der Waals surface area (Å²) in [5.41, 5.74) is 3.73. The number of thiazole rings is 1. The minimum Gasteiger partial charge on any atom is -0.324 e. The van der Waals surface area contributed by atoms with Gasteiger partial charge < -0.3 is 5.32 Å². The molecule has 0 saturated heterocycles. The maximum absolute atomic E-state index is 4.54. The van der Waals surface area contributed by atoms with Gasteiger partial charge in [-0.25, -0.2) is 15.0 Å². The third kappa shape index (κ3) is 2.66. The van der Waals surface area contributed by atoms with Crippen LogP contribution in [0.15, 0.2) is 36.7 Å². The number of anilines is 2. The molecular weight excluding hydrogens is 308 g/mol. The number of fused-ring (bicyclic) bond motifs is 1. The van der Waals surface area contributed by atoms with Gasteiger partial charge in [0.2, 0.25) is 5.95 Å². The second-order valence-electron chi connectivity index (χ2n) is 5.24. The van der Waals surface area contributed by atoms with Crippen molar-refractivity contribution in [3.8, 4) is 10.7 Å². The number of hydrogen-bond acceptors (Lipinski definition) is 6. The second kappa shape index (κ2) is 5.44. The largest absolute Gasteiger partial charge is 0.324 e. The quantitative estimate of drug-likeness (QED) is 0.599. The first-order valence-corrected chi connectivity index (χ1v) is 7.98. The predicted octanol–water partition coefficient (Wildman–Crippen LogP) is 3.84. The molecule has 0 spiro atoms. The van der Waals surface area contributed by atoms with Crippen LogP contribution in [0.25, 0.3) is 21.6 Å². The summed E-state index contributed by atoms with van der Waals surface area (Å²) in [6.45, 7) is 4.01. The number of hydrogen-bond donors (Lipinski definition) is 2. The van der Waals surface area contributed by atoms with Crippen molar-refractivity contribution in [2.75, 3.05) is 5.32 Å². The summed E-state index contributed by atoms with van der Waals surface area (Å²) in [6, 6.07) is 7.87. The van der Waals surface area contributed by atoms with Crippen molar-refractivity contribution in [3.63, 3.8) is 0 Å². The number of nitrogens with one attached hydrogen (secondary N) is 2. The molecule has 0 bridgehead atoms. The van der Waals surface area contributed by atoms with Crippen LogP contribution in [-0.2, 0) is 0 Å². The number of aryl methyl sites for hydroxylation is 2. The molecule has 0 saturated carbocycles. The van der Waals surface area contributed by atoms with E-state index in [1.54, 1.807) is 17.5 Å². The van der Waals surface area contributed by atoms with E-state index in [1.807, 2.05) is 44.3 Å². The highest BCUT2D eigenvalue weighted by molar-refractivity contribution is 7.14. The minimum absolute atomic E-state index is 0.552. The number of H-pyrrole nitrogens is 1. The zero-order chi connectivity index (χ0) is 15.8. The van der Waals surface area contributed by atoms with Crippen LogP contribution in [0.1, 0.15) is 10.6 Å². The van der Waals surface area contributed by atoms with Gasteiger partial charge in [-0.15, -0.1) is 11.3 Å². The highest BCUT2D eigenvalue weighted by Gasteiger charge is 2.07. The minimum atomic E-state index is 0.552. The lowest BCUT2D eigenvalue weighted by Gasteiger charge is -2.05. The van der Waals surface area contributed by atoms with Gasteiger partial charge in [0.1, 0.15) is 10.7 Å². The number of benzene rings is 1. The molecule has 4 aromatic rings. The van der Waals surface area contributed by atoms with Crippen molar-refractivity contribution in [2.45, 2.75) is 13.8 Å². The van der Waals surface area contributed by atoms with Gasteiger partial charge in [-0.2, -0.15) is 5.10 Å². The normalized spacial score (nSPS) is 11.0. The highest BCUT2D eigenvalue weighted by Crippen LogP contribution is 2.25. The van der Waals surface area contributed by atoms with Crippen LogP contribution in [0.3, 0.4) is 0 Å². The van der Waals surface area contributed by atoms with E-state index in [0.717, 1.165) is 37.9 Å². The molecule has 0 aliphatic carbocycles. The average molecular weight is 322 g/mol. The van der Waals surface area contributed by atoms with Crippen molar-refractivity contribution < 1.29 is 0 Å². The fourth-order valence-corrected chi connectivity index (χ4v) is 3.10. The smallest absolute Gasteiger partial charge is 0.227 e. The van der Waals surface area contributed by atoms with Gasteiger partial charge in [-0.05, 0) is 38.1 Å². The molecule has 3 heterocycles.